The number of phenolic OH excluding ortho intramolecular Hbond substituents is 1. The van der Waals surface area contributed by atoms with Gasteiger partial charge >= 0.3 is 6.18 Å². The molecular weight excluding hydrogens is 305 g/mol. The second-order valence-corrected chi connectivity index (χ2v) is 4.75. The first-order valence-electron chi connectivity index (χ1n) is 6.15. The van der Waals surface area contributed by atoms with Crippen LogP contribution in [0.15, 0.2) is 36.4 Å². The van der Waals surface area contributed by atoms with Crippen LogP contribution in [-0.2, 0) is 6.18 Å². The molecule has 0 heterocycles. The minimum atomic E-state index is -4.54. The van der Waals surface area contributed by atoms with Gasteiger partial charge in [-0.25, -0.2) is 0 Å². The summed E-state index contributed by atoms with van der Waals surface area (Å²) < 4.78 is 43.6. The van der Waals surface area contributed by atoms with Gasteiger partial charge in [-0.3, -0.25) is 0 Å². The smallest absolute Gasteiger partial charge is 0.416 e. The summed E-state index contributed by atoms with van der Waals surface area (Å²) in [4.78, 5) is 0. The largest absolute Gasteiger partial charge is 0.508 e. The molecule has 0 aliphatic carbocycles. The number of rotatable bonds is 3. The van der Waals surface area contributed by atoms with E-state index in [0.29, 0.717) is 24.0 Å². The van der Waals surface area contributed by atoms with E-state index >= 15 is 0 Å². The van der Waals surface area contributed by atoms with Crippen molar-refractivity contribution in [1.29, 1.82) is 0 Å². The molecule has 0 aliphatic heterocycles. The molecule has 0 unspecified atom stereocenters. The lowest BCUT2D eigenvalue weighted by Crippen LogP contribution is -2.04. The highest BCUT2D eigenvalue weighted by atomic mass is 35.5. The summed E-state index contributed by atoms with van der Waals surface area (Å²) in [5.74, 6) is 0.0622. The van der Waals surface area contributed by atoms with Gasteiger partial charge in [-0.05, 0) is 48.9 Å². The molecule has 2 nitrogen and oxygen atoms in total. The molecule has 112 valence electrons. The summed E-state index contributed by atoms with van der Waals surface area (Å²) in [7, 11) is 0. The van der Waals surface area contributed by atoms with Crippen molar-refractivity contribution in [2.45, 2.75) is 13.1 Å². The van der Waals surface area contributed by atoms with Gasteiger partial charge in [0.25, 0.3) is 0 Å². The number of halogens is 4. The van der Waals surface area contributed by atoms with Crippen LogP contribution in [0.1, 0.15) is 12.5 Å². The summed E-state index contributed by atoms with van der Waals surface area (Å²) in [6.07, 6.45) is -4.54. The Bertz CT molecular complexity index is 654. The highest BCUT2D eigenvalue weighted by molar-refractivity contribution is 6.33. The van der Waals surface area contributed by atoms with Crippen LogP contribution in [0.4, 0.5) is 13.2 Å². The number of ether oxygens (including phenoxy) is 1. The molecule has 0 aromatic heterocycles. The molecule has 0 atom stereocenters. The van der Waals surface area contributed by atoms with Crippen LogP contribution >= 0.6 is 11.6 Å². The van der Waals surface area contributed by atoms with E-state index in [4.69, 9.17) is 16.3 Å². The highest BCUT2D eigenvalue weighted by Gasteiger charge is 2.31. The molecule has 2 rings (SSSR count). The van der Waals surface area contributed by atoms with E-state index in [1.807, 2.05) is 6.92 Å². The zero-order valence-corrected chi connectivity index (χ0v) is 11.8. The number of hydrogen-bond acceptors (Lipinski definition) is 2. The molecule has 1 N–H and O–H groups in total. The van der Waals surface area contributed by atoms with Crippen molar-refractivity contribution >= 4 is 11.6 Å². The predicted octanol–water partition coefficient (Wildman–Crippen LogP) is 5.13. The van der Waals surface area contributed by atoms with Gasteiger partial charge in [0.05, 0.1) is 17.2 Å². The van der Waals surface area contributed by atoms with Crippen LogP contribution in [0.5, 0.6) is 11.5 Å². The van der Waals surface area contributed by atoms with Gasteiger partial charge in [-0.2, -0.15) is 13.2 Å². The van der Waals surface area contributed by atoms with Gasteiger partial charge in [0.1, 0.15) is 11.5 Å². The van der Waals surface area contributed by atoms with E-state index in [-0.39, 0.29) is 10.6 Å². The van der Waals surface area contributed by atoms with Crippen LogP contribution in [0.3, 0.4) is 0 Å². The van der Waals surface area contributed by atoms with E-state index in [2.05, 4.69) is 0 Å². The molecule has 0 fully saturated rings. The van der Waals surface area contributed by atoms with Crippen molar-refractivity contribution in [2.24, 2.45) is 0 Å². The Kier molecular flexibility index (Phi) is 4.32. The molecule has 0 saturated heterocycles. The molecule has 2 aromatic carbocycles. The van der Waals surface area contributed by atoms with Gasteiger partial charge in [0.2, 0.25) is 0 Å². The van der Waals surface area contributed by atoms with Crippen molar-refractivity contribution < 1.29 is 23.0 Å². The van der Waals surface area contributed by atoms with Gasteiger partial charge < -0.3 is 9.84 Å². The van der Waals surface area contributed by atoms with E-state index in [9.17, 15) is 18.3 Å². The maximum Gasteiger partial charge on any atom is 0.416 e. The van der Waals surface area contributed by atoms with E-state index < -0.39 is 17.5 Å². The van der Waals surface area contributed by atoms with Crippen LogP contribution in [0, 0.1) is 0 Å². The summed E-state index contributed by atoms with van der Waals surface area (Å²) in [5, 5.41) is 9.73. The zero-order chi connectivity index (χ0) is 15.6. The lowest BCUT2D eigenvalue weighted by atomic mass is 10.0. The Morgan fingerprint density at radius 1 is 1.14 bits per heavy atom. The number of benzene rings is 2. The number of phenols is 1. The fourth-order valence-electron chi connectivity index (χ4n) is 1.92. The van der Waals surface area contributed by atoms with Gasteiger partial charge in [0, 0.05) is 5.56 Å². The third-order valence-electron chi connectivity index (χ3n) is 2.81. The fraction of sp³-hybridized carbons (Fsp3) is 0.200. The summed E-state index contributed by atoms with van der Waals surface area (Å²) in [5.41, 5.74) is -0.348. The summed E-state index contributed by atoms with van der Waals surface area (Å²) >= 11 is 6.08. The molecule has 0 saturated carbocycles. The molecule has 0 amide bonds. The van der Waals surface area contributed by atoms with Crippen LogP contribution < -0.4 is 4.74 Å². The van der Waals surface area contributed by atoms with Gasteiger partial charge in [0.15, 0.2) is 0 Å². The second-order valence-electron chi connectivity index (χ2n) is 4.34. The molecule has 0 aliphatic rings. The lowest BCUT2D eigenvalue weighted by molar-refractivity contribution is -0.137. The molecule has 6 heteroatoms. The van der Waals surface area contributed by atoms with Crippen LogP contribution in [0.2, 0.25) is 5.02 Å². The quantitative estimate of drug-likeness (QED) is 0.850. The predicted molar refractivity (Wildman–Crippen MR) is 74.7 cm³/mol. The monoisotopic (exact) mass is 316 g/mol. The molecule has 0 radical (unpaired) electrons. The van der Waals surface area contributed by atoms with Crippen molar-refractivity contribution in [2.75, 3.05) is 6.61 Å². The average molecular weight is 317 g/mol. The van der Waals surface area contributed by atoms with E-state index in [1.165, 1.54) is 12.1 Å². The average Bonchev–Trinajstić information content (AvgIpc) is 2.37. The minimum Gasteiger partial charge on any atom is -0.508 e. The fourth-order valence-corrected chi connectivity index (χ4v) is 2.20. The number of aromatic hydroxyl groups is 1. The topological polar surface area (TPSA) is 29.5 Å². The first kappa shape index (κ1) is 15.5. The minimum absolute atomic E-state index is 0.190. The normalized spacial score (nSPS) is 11.5. The highest BCUT2D eigenvalue weighted by Crippen LogP contribution is 2.38. The summed E-state index contributed by atoms with van der Waals surface area (Å²) in [6.45, 7) is 2.27. The standard InChI is InChI=1S/C15H12ClF3O2/c1-2-21-12-3-4-13(14(16)8-12)9-5-10(15(17,18)19)7-11(20)6-9/h3-8,20H,2H2,1H3. The maximum absolute atomic E-state index is 12.8. The lowest BCUT2D eigenvalue weighted by Gasteiger charge is -2.12. The van der Waals surface area contributed by atoms with Crippen molar-refractivity contribution in [1.82, 2.24) is 0 Å². The Morgan fingerprint density at radius 2 is 1.86 bits per heavy atom. The van der Waals surface area contributed by atoms with Crippen LogP contribution in [0.25, 0.3) is 11.1 Å². The second kappa shape index (κ2) is 5.85. The molecule has 0 bridgehead atoms. The Labute approximate surface area is 124 Å². The van der Waals surface area contributed by atoms with E-state index in [0.717, 1.165) is 6.07 Å². The molecule has 2 aromatic rings. The third kappa shape index (κ3) is 3.61. The van der Waals surface area contributed by atoms with Crippen molar-refractivity contribution in [3.05, 3.63) is 47.0 Å². The molecule has 21 heavy (non-hydrogen) atoms. The van der Waals surface area contributed by atoms with Gasteiger partial charge in [-0.15, -0.1) is 0 Å². The molecular formula is C15H12ClF3O2. The van der Waals surface area contributed by atoms with Crippen molar-refractivity contribution in [3.63, 3.8) is 0 Å². The Hall–Kier alpha value is -1.88. The van der Waals surface area contributed by atoms with Gasteiger partial charge in [-0.1, -0.05) is 11.6 Å². The maximum atomic E-state index is 12.8. The van der Waals surface area contributed by atoms with Crippen molar-refractivity contribution in [3.8, 4) is 22.6 Å². The Balaban J connectivity index is 2.49. The van der Waals surface area contributed by atoms with Crippen LogP contribution in [-0.4, -0.2) is 11.7 Å². The summed E-state index contributed by atoms with van der Waals surface area (Å²) in [6, 6.07) is 7.55. The zero-order valence-electron chi connectivity index (χ0n) is 11.0. The SMILES string of the molecule is CCOc1ccc(-c2cc(O)cc(C(F)(F)F)c2)c(Cl)c1. The number of alkyl halides is 3. The first-order chi connectivity index (χ1) is 9.81. The first-order valence-corrected chi connectivity index (χ1v) is 6.53. The number of hydrogen-bond donors (Lipinski definition) is 1. The van der Waals surface area contributed by atoms with E-state index in [1.54, 1.807) is 12.1 Å². The molecule has 0 spiro atoms. The third-order valence-corrected chi connectivity index (χ3v) is 3.12. The Morgan fingerprint density at radius 3 is 2.43 bits per heavy atom.